The van der Waals surface area contributed by atoms with Crippen LogP contribution in [-0.2, 0) is 23.4 Å². The number of ether oxygens (including phenoxy) is 1. The van der Waals surface area contributed by atoms with Crippen LogP contribution in [-0.4, -0.2) is 72.3 Å². The monoisotopic (exact) mass is 700 g/mol. The van der Waals surface area contributed by atoms with Gasteiger partial charge in [-0.3, -0.25) is 14.1 Å². The summed E-state index contributed by atoms with van der Waals surface area (Å²) in [4.78, 5) is 28.4. The topological polar surface area (TPSA) is 218 Å². The number of rotatable bonds is 20. The fourth-order valence-electron chi connectivity index (χ4n) is 5.53. The zero-order valence-corrected chi connectivity index (χ0v) is 28.6. The summed E-state index contributed by atoms with van der Waals surface area (Å²) < 4.78 is 32.0. The average molecular weight is 701 g/mol. The van der Waals surface area contributed by atoms with Gasteiger partial charge in [0.25, 0.3) is 0 Å². The Bertz CT molecular complexity index is 1630. The van der Waals surface area contributed by atoms with Crippen molar-refractivity contribution >= 4 is 31.0 Å². The molecule has 1 aliphatic rings. The molecule has 1 saturated heterocycles. The van der Waals surface area contributed by atoms with Crippen molar-refractivity contribution in [1.82, 2.24) is 19.7 Å². The Labute approximate surface area is 285 Å². The highest BCUT2D eigenvalue weighted by Gasteiger charge is 2.57. The van der Waals surface area contributed by atoms with E-state index in [0.29, 0.717) is 11.9 Å². The van der Waals surface area contributed by atoms with Crippen LogP contribution < -0.4 is 14.9 Å². The Kier molecular flexibility index (Phi) is 13.7. The first-order chi connectivity index (χ1) is 23.5. The molecule has 49 heavy (non-hydrogen) atoms. The zero-order valence-electron chi connectivity index (χ0n) is 27.7. The summed E-state index contributed by atoms with van der Waals surface area (Å²) in [5.74, 6) is -1.22. The van der Waals surface area contributed by atoms with Crippen LogP contribution in [0.5, 0.6) is 5.75 Å². The third-order valence-corrected chi connectivity index (χ3v) is 9.94. The fourth-order valence-corrected chi connectivity index (χ4v) is 7.05. The molecule has 1 amide bonds. The number of aliphatic hydroxyl groups excluding tert-OH is 2. The molecule has 266 valence electrons. The predicted molar refractivity (Wildman–Crippen MR) is 179 cm³/mol. The second-order valence-corrected chi connectivity index (χ2v) is 13.8. The molecule has 3 aromatic rings. The summed E-state index contributed by atoms with van der Waals surface area (Å²) in [6, 6.07) is 11.4. The highest BCUT2D eigenvalue weighted by atomic mass is 31.2. The first-order valence-electron chi connectivity index (χ1n) is 16.6. The first-order valence-corrected chi connectivity index (χ1v) is 18.1. The molecule has 0 spiro atoms. The van der Waals surface area contributed by atoms with Gasteiger partial charge in [-0.05, 0) is 37.6 Å². The predicted octanol–water partition coefficient (Wildman–Crippen LogP) is 4.91. The van der Waals surface area contributed by atoms with Crippen LogP contribution in [0, 0.1) is 11.3 Å². The number of aliphatic hydroxyl groups is 2. The number of para-hydroxylation sites is 1. The fraction of sp³-hybridized carbons (Fsp3) is 0.545. The van der Waals surface area contributed by atoms with Crippen LogP contribution in [0.4, 0.5) is 5.82 Å². The summed E-state index contributed by atoms with van der Waals surface area (Å²) in [5, 5.41) is 51.0. The van der Waals surface area contributed by atoms with Crippen molar-refractivity contribution in [3.8, 4) is 11.8 Å². The number of carboxylic acids is 1. The van der Waals surface area contributed by atoms with Crippen LogP contribution in [0.15, 0.2) is 48.8 Å². The van der Waals surface area contributed by atoms with Crippen LogP contribution in [0.1, 0.15) is 89.9 Å². The molecule has 5 N–H and O–H groups in total. The van der Waals surface area contributed by atoms with Crippen molar-refractivity contribution in [3.05, 3.63) is 54.5 Å². The van der Waals surface area contributed by atoms with Gasteiger partial charge < -0.3 is 29.9 Å². The van der Waals surface area contributed by atoms with Gasteiger partial charge in [-0.25, -0.2) is 14.1 Å². The number of anilines is 1. The quantitative estimate of drug-likeness (QED) is 0.0783. The number of aromatic nitrogens is 3. The molecule has 1 aromatic carbocycles. The molecule has 4 rings (SSSR count). The Morgan fingerprint density at radius 3 is 2.41 bits per heavy atom. The first kappa shape index (κ1) is 37.9. The highest BCUT2D eigenvalue weighted by Crippen LogP contribution is 2.48. The average Bonchev–Trinajstić information content (AvgIpc) is 3.62. The summed E-state index contributed by atoms with van der Waals surface area (Å²) in [6.07, 6.45) is 6.91. The summed E-state index contributed by atoms with van der Waals surface area (Å²) >= 11 is 0. The molecule has 0 saturated carbocycles. The number of fused-ring (bicyclic) bond motifs is 1. The van der Waals surface area contributed by atoms with E-state index < -0.39 is 50.3 Å². The van der Waals surface area contributed by atoms with Gasteiger partial charge in [-0.1, -0.05) is 76.5 Å². The smallest absolute Gasteiger partial charge is 0.459 e. The number of carbonyl (C=O) groups excluding carboxylic acids is 1. The maximum Gasteiger partial charge on any atom is 0.459 e. The number of aliphatic carboxylic acids is 1. The minimum Gasteiger partial charge on any atom is -0.480 e. The van der Waals surface area contributed by atoms with E-state index in [4.69, 9.17) is 13.8 Å². The van der Waals surface area contributed by atoms with E-state index in [1.807, 2.05) is 6.07 Å². The minimum atomic E-state index is -4.49. The number of nitriles is 1. The van der Waals surface area contributed by atoms with Crippen LogP contribution in [0.3, 0.4) is 0 Å². The zero-order chi connectivity index (χ0) is 35.4. The normalized spacial score (nSPS) is 22.3. The van der Waals surface area contributed by atoms with Gasteiger partial charge in [0.15, 0.2) is 5.82 Å². The van der Waals surface area contributed by atoms with E-state index in [0.717, 1.165) is 25.7 Å². The number of carbonyl (C=O) groups is 2. The van der Waals surface area contributed by atoms with Crippen molar-refractivity contribution in [2.75, 3.05) is 11.9 Å². The van der Waals surface area contributed by atoms with Gasteiger partial charge in [-0.15, -0.1) is 0 Å². The van der Waals surface area contributed by atoms with Crippen molar-refractivity contribution in [2.45, 2.75) is 108 Å². The maximum absolute atomic E-state index is 13.7. The Morgan fingerprint density at radius 2 is 1.76 bits per heavy atom. The maximum atomic E-state index is 13.7. The van der Waals surface area contributed by atoms with Gasteiger partial charge in [0.2, 0.25) is 11.5 Å². The Morgan fingerprint density at radius 1 is 1.08 bits per heavy atom. The van der Waals surface area contributed by atoms with Gasteiger partial charge in [-0.2, -0.15) is 15.4 Å². The molecule has 0 radical (unpaired) electrons. The molecular weight excluding hydrogens is 655 g/mol. The molecule has 0 bridgehead atoms. The molecule has 2 aromatic heterocycles. The number of carboxylic acid groups (broad SMARTS) is 1. The van der Waals surface area contributed by atoms with Crippen LogP contribution >= 0.6 is 7.75 Å². The molecular formula is C33H45N6O9P. The lowest BCUT2D eigenvalue weighted by Crippen LogP contribution is -2.46. The molecule has 0 aliphatic carbocycles. The van der Waals surface area contributed by atoms with Crippen molar-refractivity contribution in [3.63, 3.8) is 0 Å². The highest BCUT2D eigenvalue weighted by molar-refractivity contribution is 7.52. The summed E-state index contributed by atoms with van der Waals surface area (Å²) in [5.41, 5.74) is -1.63. The van der Waals surface area contributed by atoms with E-state index >= 15 is 0 Å². The van der Waals surface area contributed by atoms with Gasteiger partial charge in [0, 0.05) is 6.42 Å². The molecule has 1 aliphatic heterocycles. The molecule has 15 nitrogen and oxygen atoms in total. The number of hydrogen-bond donors (Lipinski definition) is 5. The number of unbranched alkanes of at least 4 members (excludes halogenated alkanes) is 8. The van der Waals surface area contributed by atoms with Gasteiger partial charge in [0.1, 0.15) is 54.6 Å². The SMILES string of the molecule is CCCCCCCCCCCC(=O)Nc1ncnn2c([C@@H]3O[C@](C#N)(CO[P@@](=O)(NC(C)C(=O)O)Oc4ccccc4)[C@@H](O)[C@H]3O)ccc12. The largest absolute Gasteiger partial charge is 0.480 e. The molecule has 3 heterocycles. The Hall–Kier alpha value is -3.90. The minimum absolute atomic E-state index is 0.0862. The van der Waals surface area contributed by atoms with Gasteiger partial charge >= 0.3 is 13.7 Å². The van der Waals surface area contributed by atoms with E-state index in [-0.39, 0.29) is 23.2 Å². The van der Waals surface area contributed by atoms with Crippen molar-refractivity contribution in [2.24, 2.45) is 0 Å². The lowest BCUT2D eigenvalue weighted by Gasteiger charge is -2.28. The van der Waals surface area contributed by atoms with Crippen LogP contribution in [0.25, 0.3) is 5.52 Å². The molecule has 1 unspecified atom stereocenters. The number of hydrogen-bond acceptors (Lipinski definition) is 11. The number of benzene rings is 1. The number of nitrogens with zero attached hydrogens (tertiary/aromatic N) is 4. The standard InChI is InChI=1S/C33H45N6O9P/c1-3-4-5-6-7-8-9-10-14-17-27(40)37-31-26-19-18-25(39(26)36-22-35-31)29-28(41)30(42)33(20-34,47-29)21-46-49(45,38-23(2)32(43)44)48-24-15-12-11-13-16-24/h11-13,15-16,18-19,22-23,28-30,41-42H,3-10,14,17,21H2,1-2H3,(H,38,45)(H,43,44)(H,35,36,37,40)/t23?,28-,29-,30-,33+,49-/m0/s1. The van der Waals surface area contributed by atoms with E-state index in [1.165, 1.54) is 62.0 Å². The molecule has 6 atom stereocenters. The lowest BCUT2D eigenvalue weighted by molar-refractivity contribution is -0.138. The summed E-state index contributed by atoms with van der Waals surface area (Å²) in [6.45, 7) is 2.55. The number of amides is 1. The van der Waals surface area contributed by atoms with E-state index in [2.05, 4.69) is 27.4 Å². The molecule has 1 fully saturated rings. The second-order valence-electron chi connectivity index (χ2n) is 12.1. The molecule has 16 heteroatoms. The van der Waals surface area contributed by atoms with E-state index in [1.54, 1.807) is 30.3 Å². The third-order valence-electron chi connectivity index (χ3n) is 8.32. The lowest BCUT2D eigenvalue weighted by atomic mass is 9.96. The van der Waals surface area contributed by atoms with Crippen molar-refractivity contribution < 1.29 is 43.3 Å². The number of nitrogens with one attached hydrogen (secondary N) is 2. The van der Waals surface area contributed by atoms with E-state index in [9.17, 15) is 34.7 Å². The third kappa shape index (κ3) is 9.85. The summed E-state index contributed by atoms with van der Waals surface area (Å²) in [7, 11) is -4.49. The van der Waals surface area contributed by atoms with Crippen LogP contribution in [0.2, 0.25) is 0 Å². The van der Waals surface area contributed by atoms with Gasteiger partial charge in [0.05, 0.1) is 5.69 Å². The second kappa shape index (κ2) is 17.7. The van der Waals surface area contributed by atoms with Crippen molar-refractivity contribution in [1.29, 1.82) is 5.26 Å². The Balaban J connectivity index is 1.42.